The largest absolute Gasteiger partial charge is 0.479 e. The van der Waals surface area contributed by atoms with Crippen LogP contribution in [0.25, 0.3) is 0 Å². The number of allylic oxidation sites excluding steroid dienone is 2. The summed E-state index contributed by atoms with van der Waals surface area (Å²) in [6.07, 6.45) is -42.2. The van der Waals surface area contributed by atoms with Crippen LogP contribution < -0.4 is 0 Å². The zero-order valence-electron chi connectivity index (χ0n) is 58.3. The van der Waals surface area contributed by atoms with E-state index in [-0.39, 0.29) is 23.7 Å². The van der Waals surface area contributed by atoms with Gasteiger partial charge < -0.3 is 143 Å². The Labute approximate surface area is 583 Å². The Balaban J connectivity index is 0.883. The normalized spacial score (nSPS) is 51.9. The molecular formula is C68H104O33. The first-order valence-electron chi connectivity index (χ1n) is 35.2. The average molecular weight is 1450 g/mol. The fraction of sp³-hybridized carbons (Fsp3) is 0.897. The van der Waals surface area contributed by atoms with Gasteiger partial charge in [-0.2, -0.15) is 0 Å². The number of carbonyl (C=O) groups is 5. The Morgan fingerprint density at radius 3 is 1.77 bits per heavy atom. The minimum absolute atomic E-state index is 0.0903. The number of ether oxygens (including phenoxy) is 14. The van der Waals surface area contributed by atoms with Crippen LogP contribution in [0.5, 0.6) is 0 Å². The number of esters is 3. The lowest BCUT2D eigenvalue weighted by molar-refractivity contribution is -0.382. The first-order chi connectivity index (χ1) is 47.3. The number of fused-ring (bicyclic) bond motifs is 7. The second kappa shape index (κ2) is 29.5. The lowest BCUT2D eigenvalue weighted by Crippen LogP contribution is -2.68. The Morgan fingerprint density at radius 1 is 0.545 bits per heavy atom. The Hall–Kier alpha value is -3.67. The van der Waals surface area contributed by atoms with Crippen LogP contribution in [0.1, 0.15) is 133 Å². The molecule has 0 unspecified atom stereocenters. The number of aliphatic carboxylic acids is 1. The molecule has 0 aromatic rings. The van der Waals surface area contributed by atoms with Gasteiger partial charge in [0.2, 0.25) is 6.29 Å². The minimum atomic E-state index is -2.11. The fourth-order valence-electron chi connectivity index (χ4n) is 19.3. The highest BCUT2D eigenvalue weighted by Gasteiger charge is 2.71. The molecule has 6 heterocycles. The zero-order chi connectivity index (χ0) is 73.9. The average Bonchev–Trinajstić information content (AvgIpc) is 0.906. The number of carbonyl (C=O) groups excluding carboxylic acids is 4. The van der Waals surface area contributed by atoms with Crippen molar-refractivity contribution < 1.29 is 162 Å². The van der Waals surface area contributed by atoms with E-state index in [0.29, 0.717) is 57.8 Å². The molecule has 0 aromatic heterocycles. The maximum Gasteiger partial charge on any atom is 0.335 e. The predicted octanol–water partition coefficient (Wildman–Crippen LogP) is -2.64. The summed E-state index contributed by atoms with van der Waals surface area (Å²) in [7, 11) is 0. The van der Waals surface area contributed by atoms with Crippen molar-refractivity contribution >= 4 is 30.2 Å². The van der Waals surface area contributed by atoms with Crippen molar-refractivity contribution in [2.45, 2.75) is 312 Å². The van der Waals surface area contributed by atoms with Crippen molar-refractivity contribution in [2.24, 2.45) is 50.2 Å². The van der Waals surface area contributed by atoms with Crippen LogP contribution in [-0.4, -0.2) is 300 Å². The molecule has 4 saturated carbocycles. The topological polar surface area (TPSA) is 498 Å². The SMILES string of the molecule is CC(=O)OC[C@@H]1O[C@@H](O[C@H]2[C@@H](OC(C)=O)[C@@H](C)O[C@@H](OC(=O)[C@]34CCC(C)(C)C[C@@H]3C3=CC[C@@H]5[C@@]6(C)CC[C@H](O[C@@H]7O[C@H](C(=O)O)[C@@H](O)[C@H](O)[C@H]7O[C@@H]7O[C@H](CO)[C@H](O)[C@H](O)[C@H]7O)[C@@](C)(C=O)[C@@H]6CC[C@@]5(C)[C@]3(C)CC4)[C@@H]2O[C@@H]2O[C@@H](C)[C@H](O[C@@H]3OC[C@@H](O)[C@H](O)[C@H]3O)[C@@H](O)[C@H]2O)[C@H](O)[C@H]1O. The smallest absolute Gasteiger partial charge is 0.335 e. The number of hydrogen-bond acceptors (Lipinski definition) is 32. The van der Waals surface area contributed by atoms with Crippen molar-refractivity contribution in [3.05, 3.63) is 11.6 Å². The number of aliphatic hydroxyl groups excluding tert-OH is 13. The van der Waals surface area contributed by atoms with E-state index in [1.165, 1.54) is 13.8 Å². The van der Waals surface area contributed by atoms with E-state index in [9.17, 15) is 90.7 Å². The van der Waals surface area contributed by atoms with Crippen molar-refractivity contribution in [3.63, 3.8) is 0 Å². The Morgan fingerprint density at radius 2 is 1.12 bits per heavy atom. The third-order valence-electron chi connectivity index (χ3n) is 25.3. The summed E-state index contributed by atoms with van der Waals surface area (Å²) in [5, 5.41) is 152. The number of rotatable bonds is 18. The quantitative estimate of drug-likeness (QED) is 0.0219. The first kappa shape index (κ1) is 78.4. The molecule has 6 aliphatic heterocycles. The predicted molar refractivity (Wildman–Crippen MR) is 333 cm³/mol. The van der Waals surface area contributed by atoms with E-state index in [1.54, 1.807) is 6.92 Å². The molecule has 10 fully saturated rings. The highest BCUT2D eigenvalue weighted by molar-refractivity contribution is 5.79. The van der Waals surface area contributed by atoms with Crippen LogP contribution >= 0.6 is 0 Å². The van der Waals surface area contributed by atoms with Gasteiger partial charge in [-0.25, -0.2) is 4.79 Å². The summed E-state index contributed by atoms with van der Waals surface area (Å²) >= 11 is 0. The molecule has 11 rings (SSSR count). The number of aldehydes is 1. The zero-order valence-corrected chi connectivity index (χ0v) is 58.3. The molecule has 11 aliphatic rings. The molecule has 5 aliphatic carbocycles. The number of aliphatic hydroxyl groups is 13. The second-order valence-electron chi connectivity index (χ2n) is 31.8. The number of carboxylic acids is 1. The van der Waals surface area contributed by atoms with Gasteiger partial charge in [0.05, 0.1) is 42.4 Å². The maximum atomic E-state index is 16.1. The molecule has 33 heteroatoms. The van der Waals surface area contributed by atoms with Crippen LogP contribution in [0.4, 0.5) is 0 Å². The molecule has 6 saturated heterocycles. The summed E-state index contributed by atoms with van der Waals surface area (Å²) in [6, 6.07) is 0. The highest BCUT2D eigenvalue weighted by atomic mass is 16.8. The van der Waals surface area contributed by atoms with Crippen LogP contribution in [0.15, 0.2) is 11.6 Å². The van der Waals surface area contributed by atoms with Gasteiger partial charge in [0.1, 0.15) is 117 Å². The molecule has 574 valence electrons. The summed E-state index contributed by atoms with van der Waals surface area (Å²) in [4.78, 5) is 67.6. The van der Waals surface area contributed by atoms with E-state index in [0.717, 1.165) is 25.7 Å². The van der Waals surface area contributed by atoms with E-state index < -0.39 is 255 Å². The van der Waals surface area contributed by atoms with Gasteiger partial charge in [-0.15, -0.1) is 0 Å². The highest BCUT2D eigenvalue weighted by Crippen LogP contribution is 2.76. The molecule has 101 heavy (non-hydrogen) atoms. The first-order valence-corrected chi connectivity index (χ1v) is 35.2. The summed E-state index contributed by atoms with van der Waals surface area (Å²) in [5.41, 5.74) is -3.48. The summed E-state index contributed by atoms with van der Waals surface area (Å²) < 4.78 is 84.7. The number of carboxylic acid groups (broad SMARTS) is 1. The van der Waals surface area contributed by atoms with Gasteiger partial charge in [-0.05, 0) is 117 Å². The van der Waals surface area contributed by atoms with Gasteiger partial charge in [0.25, 0.3) is 0 Å². The third-order valence-corrected chi connectivity index (χ3v) is 25.3. The van der Waals surface area contributed by atoms with Crippen LogP contribution in [0, 0.1) is 50.2 Å². The molecule has 33 nitrogen and oxygen atoms in total. The fourth-order valence-corrected chi connectivity index (χ4v) is 19.3. The van der Waals surface area contributed by atoms with Crippen molar-refractivity contribution in [1.29, 1.82) is 0 Å². The molecule has 0 spiro atoms. The molecule has 0 aromatic carbocycles. The standard InChI is InChI=1S/C68H104O33/c1-26-49(96-56-45(81)38(74)32(73)23-89-56)44(80)48(84)57(90-26)100-54-53(99-58-46(82)40(76)34(94-58)24-88-28(3)71)50(92-29(4)72)27(2)91-61(54)101-62(87)68-19-17-63(5,6)21-31(68)30-11-12-36-64(7)15-14-37(65(8,25-70)35(64)13-16-67(36,10)66(30,9)18-20-68)95-60-52(43(79)42(78)51(97-60)55(85)86)98-59-47(83)41(77)39(75)33(22-69)93-59/h11,25-27,31-54,56-61,69,73-84H,12-24H2,1-10H3,(H,85,86)/t26-,27+,31+,32+,33+,34-,35+,36+,37-,38-,39-,40-,41-,42-,43-,44-,45+,46+,47+,48+,49-,50-,51-,52+,53-,54+,56-,57-,58-,59-,60+,61-,64-,65-,66+,67+,68-/m0/s1. The lowest BCUT2D eigenvalue weighted by Gasteiger charge is -2.71. The van der Waals surface area contributed by atoms with Gasteiger partial charge in [0.15, 0.2) is 49.8 Å². The monoisotopic (exact) mass is 1450 g/mol. The second-order valence-corrected chi connectivity index (χ2v) is 31.8. The summed E-state index contributed by atoms with van der Waals surface area (Å²) in [5.74, 6) is -4.85. The third kappa shape index (κ3) is 13.9. The van der Waals surface area contributed by atoms with Crippen molar-refractivity contribution in [3.8, 4) is 0 Å². The number of hydrogen-bond donors (Lipinski definition) is 14. The van der Waals surface area contributed by atoms with E-state index >= 15 is 4.79 Å². The lowest BCUT2D eigenvalue weighted by atomic mass is 9.33. The molecule has 37 atom stereocenters. The molecular weight excluding hydrogens is 1340 g/mol. The summed E-state index contributed by atoms with van der Waals surface area (Å²) in [6.45, 7) is 16.1. The molecule has 0 radical (unpaired) electrons. The Bertz CT molecular complexity index is 3010. The van der Waals surface area contributed by atoms with Gasteiger partial charge in [0, 0.05) is 13.8 Å². The van der Waals surface area contributed by atoms with Gasteiger partial charge >= 0.3 is 23.9 Å². The molecule has 14 N–H and O–H groups in total. The van der Waals surface area contributed by atoms with Crippen molar-refractivity contribution in [2.75, 3.05) is 19.8 Å². The Kier molecular flexibility index (Phi) is 22.9. The maximum absolute atomic E-state index is 16.1. The van der Waals surface area contributed by atoms with Crippen molar-refractivity contribution in [1.82, 2.24) is 0 Å². The van der Waals surface area contributed by atoms with E-state index in [4.69, 9.17) is 66.3 Å². The van der Waals surface area contributed by atoms with Crippen LogP contribution in [0.2, 0.25) is 0 Å². The molecule has 0 amide bonds. The van der Waals surface area contributed by atoms with Crippen LogP contribution in [-0.2, 0) is 90.3 Å². The van der Waals surface area contributed by atoms with E-state index in [2.05, 4.69) is 40.7 Å². The van der Waals surface area contributed by atoms with Crippen LogP contribution in [0.3, 0.4) is 0 Å². The molecule has 0 bridgehead atoms. The van der Waals surface area contributed by atoms with E-state index in [1.807, 2.05) is 0 Å². The van der Waals surface area contributed by atoms with Gasteiger partial charge in [-0.1, -0.05) is 53.2 Å². The minimum Gasteiger partial charge on any atom is -0.479 e. The van der Waals surface area contributed by atoms with Gasteiger partial charge in [-0.3, -0.25) is 14.4 Å².